The van der Waals surface area contributed by atoms with Gasteiger partial charge in [0.05, 0.1) is 6.61 Å². The SMILES string of the molecule is NC1=NC=C(CCCCOCc2cc(Cl)cc(Cl)c2)CS1. The van der Waals surface area contributed by atoms with Gasteiger partial charge in [0, 0.05) is 28.6 Å². The summed E-state index contributed by atoms with van der Waals surface area (Å²) in [6.45, 7) is 1.27. The van der Waals surface area contributed by atoms with E-state index in [4.69, 9.17) is 33.7 Å². The number of benzene rings is 1. The lowest BCUT2D eigenvalue weighted by Gasteiger charge is -2.10. The van der Waals surface area contributed by atoms with Gasteiger partial charge in [0.1, 0.15) is 0 Å². The van der Waals surface area contributed by atoms with Gasteiger partial charge in [0.2, 0.25) is 0 Å². The van der Waals surface area contributed by atoms with Gasteiger partial charge in [-0.05, 0) is 48.6 Å². The van der Waals surface area contributed by atoms with Crippen molar-refractivity contribution in [3.63, 3.8) is 0 Å². The maximum atomic E-state index is 5.94. The average Bonchev–Trinajstić information content (AvgIpc) is 2.43. The van der Waals surface area contributed by atoms with Gasteiger partial charge in [-0.25, -0.2) is 4.99 Å². The second kappa shape index (κ2) is 8.69. The third-order valence-electron chi connectivity index (χ3n) is 3.01. The van der Waals surface area contributed by atoms with E-state index in [-0.39, 0.29) is 0 Å². The Morgan fingerprint density at radius 3 is 2.62 bits per heavy atom. The van der Waals surface area contributed by atoms with Gasteiger partial charge in [-0.3, -0.25) is 0 Å². The number of hydrogen-bond acceptors (Lipinski definition) is 4. The highest BCUT2D eigenvalue weighted by Crippen LogP contribution is 2.20. The number of aliphatic imine (C=N–C) groups is 1. The summed E-state index contributed by atoms with van der Waals surface area (Å²) in [5.74, 6) is 0.956. The summed E-state index contributed by atoms with van der Waals surface area (Å²) in [4.78, 5) is 4.12. The van der Waals surface area contributed by atoms with Crippen molar-refractivity contribution >= 4 is 40.1 Å². The predicted octanol–water partition coefficient (Wildman–Crippen LogP) is 4.63. The molecule has 0 aliphatic carbocycles. The summed E-state index contributed by atoms with van der Waals surface area (Å²) in [7, 11) is 0. The molecule has 2 rings (SSSR count). The van der Waals surface area contributed by atoms with Crippen LogP contribution in [-0.2, 0) is 11.3 Å². The molecule has 0 radical (unpaired) electrons. The van der Waals surface area contributed by atoms with Crippen molar-refractivity contribution < 1.29 is 4.74 Å². The summed E-state index contributed by atoms with van der Waals surface area (Å²) in [5, 5.41) is 1.94. The van der Waals surface area contributed by atoms with E-state index >= 15 is 0 Å². The fraction of sp³-hybridized carbons (Fsp3) is 0.400. The highest BCUT2D eigenvalue weighted by Gasteiger charge is 2.05. The van der Waals surface area contributed by atoms with Gasteiger partial charge in [0.15, 0.2) is 5.17 Å². The Kier molecular flexibility index (Phi) is 6.90. The first-order valence-corrected chi connectivity index (χ1v) is 8.54. The molecule has 0 saturated carbocycles. The molecule has 0 bridgehead atoms. The fourth-order valence-corrected chi connectivity index (χ4v) is 3.22. The zero-order valence-electron chi connectivity index (χ0n) is 11.6. The number of hydrogen-bond donors (Lipinski definition) is 1. The molecule has 0 fully saturated rings. The van der Waals surface area contributed by atoms with Crippen LogP contribution in [0.1, 0.15) is 24.8 Å². The summed E-state index contributed by atoms with van der Waals surface area (Å²) in [5.41, 5.74) is 7.94. The van der Waals surface area contributed by atoms with E-state index in [0.717, 1.165) is 37.2 Å². The number of halogens is 2. The van der Waals surface area contributed by atoms with E-state index in [1.165, 1.54) is 5.57 Å². The Labute approximate surface area is 139 Å². The molecule has 0 aromatic heterocycles. The van der Waals surface area contributed by atoms with Crippen molar-refractivity contribution in [2.24, 2.45) is 10.7 Å². The monoisotopic (exact) mass is 344 g/mol. The van der Waals surface area contributed by atoms with Gasteiger partial charge in [0.25, 0.3) is 0 Å². The minimum Gasteiger partial charge on any atom is -0.378 e. The van der Waals surface area contributed by atoms with Gasteiger partial charge in [-0.15, -0.1) is 0 Å². The second-order valence-electron chi connectivity index (χ2n) is 4.83. The standard InChI is InChI=1S/C15H18Cl2N2OS/c16-13-5-12(6-14(17)7-13)9-20-4-2-1-3-11-8-19-15(18)21-10-11/h5-8H,1-4,9-10H2,(H2,18,19). The lowest BCUT2D eigenvalue weighted by molar-refractivity contribution is 0.117. The van der Waals surface area contributed by atoms with Gasteiger partial charge in [-0.1, -0.05) is 35.0 Å². The van der Waals surface area contributed by atoms with Crippen LogP contribution in [0.5, 0.6) is 0 Å². The third kappa shape index (κ3) is 6.30. The highest BCUT2D eigenvalue weighted by atomic mass is 35.5. The predicted molar refractivity (Wildman–Crippen MR) is 92.1 cm³/mol. The maximum Gasteiger partial charge on any atom is 0.158 e. The van der Waals surface area contributed by atoms with Crippen LogP contribution in [0.4, 0.5) is 0 Å². The third-order valence-corrected chi connectivity index (χ3v) is 4.36. The Bertz CT molecular complexity index is 526. The highest BCUT2D eigenvalue weighted by molar-refractivity contribution is 8.14. The molecule has 1 heterocycles. The van der Waals surface area contributed by atoms with E-state index in [2.05, 4.69) is 4.99 Å². The smallest absolute Gasteiger partial charge is 0.158 e. The molecule has 21 heavy (non-hydrogen) atoms. The Morgan fingerprint density at radius 2 is 1.95 bits per heavy atom. The molecule has 1 aromatic carbocycles. The molecule has 0 atom stereocenters. The molecule has 6 heteroatoms. The van der Waals surface area contributed by atoms with Crippen molar-refractivity contribution in [1.29, 1.82) is 0 Å². The van der Waals surface area contributed by atoms with Crippen molar-refractivity contribution in [3.8, 4) is 0 Å². The molecular formula is C15H18Cl2N2OS. The lowest BCUT2D eigenvalue weighted by atomic mass is 10.1. The van der Waals surface area contributed by atoms with Gasteiger partial charge in [-0.2, -0.15) is 0 Å². The molecule has 0 amide bonds. The minimum atomic E-state index is 0.541. The molecular weight excluding hydrogens is 327 g/mol. The van der Waals surface area contributed by atoms with Crippen LogP contribution in [0.15, 0.2) is 35.0 Å². The van der Waals surface area contributed by atoms with Crippen molar-refractivity contribution in [3.05, 3.63) is 45.6 Å². The number of nitrogens with two attached hydrogens (primary N) is 1. The van der Waals surface area contributed by atoms with E-state index in [9.17, 15) is 0 Å². The molecule has 0 unspecified atom stereocenters. The van der Waals surface area contributed by atoms with E-state index in [1.54, 1.807) is 17.8 Å². The van der Waals surface area contributed by atoms with E-state index < -0.39 is 0 Å². The van der Waals surface area contributed by atoms with Gasteiger partial charge < -0.3 is 10.5 Å². The van der Waals surface area contributed by atoms with Crippen LogP contribution in [0, 0.1) is 0 Å². The lowest BCUT2D eigenvalue weighted by Crippen LogP contribution is -2.10. The van der Waals surface area contributed by atoms with Crippen molar-refractivity contribution in [2.75, 3.05) is 12.4 Å². The average molecular weight is 345 g/mol. The molecule has 2 N–H and O–H groups in total. The van der Waals surface area contributed by atoms with Crippen LogP contribution in [0.3, 0.4) is 0 Å². The van der Waals surface area contributed by atoms with Crippen LogP contribution < -0.4 is 5.73 Å². The number of nitrogens with zero attached hydrogens (tertiary/aromatic N) is 1. The molecule has 1 aromatic rings. The Hall–Kier alpha value is -0.680. The summed E-state index contributed by atoms with van der Waals surface area (Å²) >= 11 is 13.5. The largest absolute Gasteiger partial charge is 0.378 e. The first kappa shape index (κ1) is 16.7. The summed E-state index contributed by atoms with van der Waals surface area (Å²) in [6.07, 6.45) is 5.06. The number of unbranched alkanes of at least 4 members (excludes halogenated alkanes) is 1. The normalized spacial score (nSPS) is 14.8. The first-order valence-electron chi connectivity index (χ1n) is 6.80. The first-order chi connectivity index (χ1) is 10.1. The van der Waals surface area contributed by atoms with Gasteiger partial charge >= 0.3 is 0 Å². The number of amidine groups is 1. The quantitative estimate of drug-likeness (QED) is 0.733. The number of thioether (sulfide) groups is 1. The van der Waals surface area contributed by atoms with Crippen molar-refractivity contribution in [2.45, 2.75) is 25.9 Å². The molecule has 0 saturated heterocycles. The summed E-state index contributed by atoms with van der Waals surface area (Å²) < 4.78 is 5.65. The second-order valence-corrected chi connectivity index (χ2v) is 6.70. The molecule has 3 nitrogen and oxygen atoms in total. The molecule has 1 aliphatic heterocycles. The Morgan fingerprint density at radius 1 is 1.19 bits per heavy atom. The van der Waals surface area contributed by atoms with E-state index in [1.807, 2.05) is 18.3 Å². The van der Waals surface area contributed by atoms with E-state index in [0.29, 0.717) is 21.8 Å². The molecule has 0 spiro atoms. The zero-order chi connectivity index (χ0) is 15.1. The topological polar surface area (TPSA) is 47.6 Å². The van der Waals surface area contributed by atoms with Crippen LogP contribution in [-0.4, -0.2) is 17.5 Å². The number of rotatable bonds is 7. The van der Waals surface area contributed by atoms with Crippen molar-refractivity contribution in [1.82, 2.24) is 0 Å². The number of ether oxygens (including phenoxy) is 1. The Balaban J connectivity index is 1.60. The summed E-state index contributed by atoms with van der Waals surface area (Å²) in [6, 6.07) is 5.47. The maximum absolute atomic E-state index is 5.94. The fourth-order valence-electron chi connectivity index (χ4n) is 1.97. The van der Waals surface area contributed by atoms with Crippen LogP contribution in [0.25, 0.3) is 0 Å². The minimum absolute atomic E-state index is 0.541. The zero-order valence-corrected chi connectivity index (χ0v) is 14.0. The molecule has 1 aliphatic rings. The molecule has 114 valence electrons. The van der Waals surface area contributed by atoms with Crippen LogP contribution >= 0.6 is 35.0 Å². The van der Waals surface area contributed by atoms with Crippen LogP contribution in [0.2, 0.25) is 10.0 Å².